The minimum atomic E-state index is 0.188. The zero-order valence-electron chi connectivity index (χ0n) is 12.3. The van der Waals surface area contributed by atoms with Gasteiger partial charge in [0.1, 0.15) is 5.76 Å². The average Bonchev–Trinajstić information content (AvgIpc) is 3.12. The molecule has 3 heterocycles. The molecule has 0 aromatic carbocycles. The van der Waals surface area contributed by atoms with Crippen molar-refractivity contribution in [3.05, 3.63) is 24.2 Å². The smallest absolute Gasteiger partial charge is 0.103 e. The summed E-state index contributed by atoms with van der Waals surface area (Å²) < 4.78 is 11.6. The van der Waals surface area contributed by atoms with Gasteiger partial charge in [-0.1, -0.05) is 0 Å². The number of nitrogens with one attached hydrogen (secondary N) is 1. The predicted molar refractivity (Wildman–Crippen MR) is 83.2 cm³/mol. The van der Waals surface area contributed by atoms with Crippen molar-refractivity contribution < 1.29 is 9.15 Å². The van der Waals surface area contributed by atoms with Crippen molar-refractivity contribution in [1.82, 2.24) is 5.32 Å². The Labute approximate surface area is 125 Å². The van der Waals surface area contributed by atoms with E-state index < -0.39 is 0 Å². The van der Waals surface area contributed by atoms with E-state index in [2.05, 4.69) is 30.2 Å². The number of ether oxygens (including phenoxy) is 1. The molecule has 3 unspecified atom stereocenters. The first-order chi connectivity index (χ1) is 9.81. The van der Waals surface area contributed by atoms with Gasteiger partial charge in [-0.05, 0) is 56.5 Å². The Kier molecular flexibility index (Phi) is 4.74. The molecule has 112 valence electrons. The van der Waals surface area contributed by atoms with Gasteiger partial charge in [0, 0.05) is 24.8 Å². The third kappa shape index (κ3) is 3.23. The largest absolute Gasteiger partial charge is 0.469 e. The Hall–Kier alpha value is -0.450. The molecule has 0 bridgehead atoms. The molecule has 4 heteroatoms. The van der Waals surface area contributed by atoms with E-state index in [-0.39, 0.29) is 5.60 Å². The zero-order chi connectivity index (χ0) is 13.8. The molecular formula is C16H25NO2S. The van der Waals surface area contributed by atoms with Crippen LogP contribution in [0.25, 0.3) is 0 Å². The van der Waals surface area contributed by atoms with Gasteiger partial charge in [-0.25, -0.2) is 0 Å². The van der Waals surface area contributed by atoms with E-state index in [0.717, 1.165) is 31.1 Å². The Balaban J connectivity index is 1.57. The topological polar surface area (TPSA) is 34.4 Å². The molecule has 3 rings (SSSR count). The minimum Gasteiger partial charge on any atom is -0.469 e. The van der Waals surface area contributed by atoms with Gasteiger partial charge in [-0.15, -0.1) is 0 Å². The highest BCUT2D eigenvalue weighted by molar-refractivity contribution is 7.99. The van der Waals surface area contributed by atoms with Crippen molar-refractivity contribution >= 4 is 11.8 Å². The maximum atomic E-state index is 6.13. The molecule has 1 aromatic heterocycles. The first kappa shape index (κ1) is 14.5. The number of furan rings is 1. The van der Waals surface area contributed by atoms with Gasteiger partial charge in [0.2, 0.25) is 0 Å². The predicted octanol–water partition coefficient (Wildman–Crippen LogP) is 3.10. The molecule has 3 nitrogen and oxygen atoms in total. The second-order valence-electron chi connectivity index (χ2n) is 6.10. The van der Waals surface area contributed by atoms with Crippen LogP contribution >= 0.6 is 11.8 Å². The fraction of sp³-hybridized carbons (Fsp3) is 0.750. The van der Waals surface area contributed by atoms with E-state index in [1.54, 1.807) is 6.26 Å². The highest BCUT2D eigenvalue weighted by Crippen LogP contribution is 2.41. The highest BCUT2D eigenvalue weighted by atomic mass is 32.2. The van der Waals surface area contributed by atoms with E-state index in [9.17, 15) is 0 Å². The molecular weight excluding hydrogens is 270 g/mol. The molecule has 0 amide bonds. The fourth-order valence-corrected chi connectivity index (χ4v) is 5.02. The van der Waals surface area contributed by atoms with E-state index in [4.69, 9.17) is 9.15 Å². The molecule has 1 spiro atoms. The van der Waals surface area contributed by atoms with Gasteiger partial charge < -0.3 is 14.5 Å². The lowest BCUT2D eigenvalue weighted by Crippen LogP contribution is -2.46. The second-order valence-corrected chi connectivity index (χ2v) is 7.21. The summed E-state index contributed by atoms with van der Waals surface area (Å²) in [6.07, 6.45) is 7.60. The Morgan fingerprint density at radius 3 is 3.20 bits per heavy atom. The molecule has 2 saturated heterocycles. The highest BCUT2D eigenvalue weighted by Gasteiger charge is 2.42. The molecule has 1 N–H and O–H groups in total. The second kappa shape index (κ2) is 6.54. The van der Waals surface area contributed by atoms with Gasteiger partial charge in [0.25, 0.3) is 0 Å². The van der Waals surface area contributed by atoms with E-state index in [1.165, 1.54) is 30.8 Å². The maximum absolute atomic E-state index is 6.13. The van der Waals surface area contributed by atoms with Crippen molar-refractivity contribution in [3.8, 4) is 0 Å². The van der Waals surface area contributed by atoms with Crippen molar-refractivity contribution in [3.63, 3.8) is 0 Å². The van der Waals surface area contributed by atoms with Gasteiger partial charge in [-0.3, -0.25) is 0 Å². The minimum absolute atomic E-state index is 0.188. The van der Waals surface area contributed by atoms with E-state index in [1.807, 2.05) is 6.07 Å². The first-order valence-electron chi connectivity index (χ1n) is 7.73. The molecule has 0 radical (unpaired) electrons. The molecule has 0 saturated carbocycles. The summed E-state index contributed by atoms with van der Waals surface area (Å²) in [6, 6.07) is 4.63. The number of rotatable bonds is 5. The van der Waals surface area contributed by atoms with Gasteiger partial charge in [0.05, 0.1) is 11.9 Å². The number of thioether (sulfide) groups is 1. The normalized spacial score (nSPS) is 31.8. The number of hydrogen-bond acceptors (Lipinski definition) is 4. The van der Waals surface area contributed by atoms with Crippen molar-refractivity contribution in [2.24, 2.45) is 5.92 Å². The Bertz CT molecular complexity index is 401. The van der Waals surface area contributed by atoms with Crippen LogP contribution in [0.2, 0.25) is 0 Å². The zero-order valence-corrected chi connectivity index (χ0v) is 13.1. The van der Waals surface area contributed by atoms with Gasteiger partial charge >= 0.3 is 0 Å². The molecule has 2 aliphatic heterocycles. The van der Waals surface area contributed by atoms with Crippen molar-refractivity contribution in [1.29, 1.82) is 0 Å². The molecule has 2 aliphatic rings. The number of aryl methyl sites for hydroxylation is 1. The summed E-state index contributed by atoms with van der Waals surface area (Å²) in [6.45, 7) is 0.935. The average molecular weight is 295 g/mol. The van der Waals surface area contributed by atoms with Gasteiger partial charge in [0.15, 0.2) is 0 Å². The van der Waals surface area contributed by atoms with Crippen LogP contribution in [0.4, 0.5) is 0 Å². The van der Waals surface area contributed by atoms with Crippen LogP contribution in [0.1, 0.15) is 31.4 Å². The van der Waals surface area contributed by atoms with Crippen LogP contribution in [-0.4, -0.2) is 36.8 Å². The van der Waals surface area contributed by atoms with Crippen LogP contribution in [0.3, 0.4) is 0 Å². The quantitative estimate of drug-likeness (QED) is 0.905. The SMILES string of the molecule is CNC(CCc1ccco1)C1CCOC2(CCSC2)C1. The molecule has 0 aliphatic carbocycles. The molecule has 20 heavy (non-hydrogen) atoms. The summed E-state index contributed by atoms with van der Waals surface area (Å²) >= 11 is 2.05. The van der Waals surface area contributed by atoms with Gasteiger partial charge in [-0.2, -0.15) is 11.8 Å². The van der Waals surface area contributed by atoms with E-state index >= 15 is 0 Å². The lowest BCUT2D eigenvalue weighted by molar-refractivity contribution is -0.0851. The monoisotopic (exact) mass is 295 g/mol. The third-order valence-corrected chi connectivity index (χ3v) is 6.04. The van der Waals surface area contributed by atoms with Crippen LogP contribution in [0.15, 0.2) is 22.8 Å². The maximum Gasteiger partial charge on any atom is 0.103 e. The molecule has 1 aromatic rings. The summed E-state index contributed by atoms with van der Waals surface area (Å²) in [5.41, 5.74) is 0.188. The van der Waals surface area contributed by atoms with Crippen LogP contribution in [-0.2, 0) is 11.2 Å². The summed E-state index contributed by atoms with van der Waals surface area (Å²) in [5, 5.41) is 3.54. The van der Waals surface area contributed by atoms with Crippen LogP contribution < -0.4 is 5.32 Å². The Morgan fingerprint density at radius 2 is 2.50 bits per heavy atom. The summed E-state index contributed by atoms with van der Waals surface area (Å²) in [7, 11) is 2.10. The lowest BCUT2D eigenvalue weighted by atomic mass is 9.80. The van der Waals surface area contributed by atoms with Crippen LogP contribution in [0, 0.1) is 5.92 Å². The van der Waals surface area contributed by atoms with Crippen molar-refractivity contribution in [2.75, 3.05) is 25.2 Å². The van der Waals surface area contributed by atoms with Crippen LogP contribution in [0.5, 0.6) is 0 Å². The summed E-state index contributed by atoms with van der Waals surface area (Å²) in [5.74, 6) is 4.30. The lowest BCUT2D eigenvalue weighted by Gasteiger charge is -2.41. The standard InChI is InChI=1S/C16H25NO2S/c1-17-15(5-4-14-3-2-8-18-14)13-6-9-19-16(11-13)7-10-20-12-16/h2-3,8,13,15,17H,4-7,9-12H2,1H3. The molecule has 2 fully saturated rings. The fourth-order valence-electron chi connectivity index (χ4n) is 3.64. The van der Waals surface area contributed by atoms with E-state index in [0.29, 0.717) is 6.04 Å². The first-order valence-corrected chi connectivity index (χ1v) is 8.88. The Morgan fingerprint density at radius 1 is 1.55 bits per heavy atom. The van der Waals surface area contributed by atoms with Crippen molar-refractivity contribution in [2.45, 2.75) is 43.7 Å². The molecule has 3 atom stereocenters. The third-order valence-electron chi connectivity index (χ3n) is 4.82. The number of hydrogen-bond donors (Lipinski definition) is 1. The summed E-state index contributed by atoms with van der Waals surface area (Å²) in [4.78, 5) is 0.